The summed E-state index contributed by atoms with van der Waals surface area (Å²) >= 11 is 0. The molecule has 4 nitrogen and oxygen atoms in total. The maximum atomic E-state index is 5.84. The van der Waals surface area contributed by atoms with Crippen LogP contribution in [0.3, 0.4) is 0 Å². The van der Waals surface area contributed by atoms with Crippen molar-refractivity contribution < 1.29 is 4.74 Å². The van der Waals surface area contributed by atoms with Crippen molar-refractivity contribution in [1.82, 2.24) is 15.3 Å². The number of benzene rings is 1. The summed E-state index contributed by atoms with van der Waals surface area (Å²) < 4.78 is 5.84. The molecule has 0 atom stereocenters. The maximum absolute atomic E-state index is 5.84. The molecule has 0 bridgehead atoms. The van der Waals surface area contributed by atoms with Crippen LogP contribution in [0.5, 0.6) is 11.6 Å². The Morgan fingerprint density at radius 2 is 2.00 bits per heavy atom. The highest BCUT2D eigenvalue weighted by molar-refractivity contribution is 5.38. The smallest absolute Gasteiger partial charge is 0.238 e. The lowest BCUT2D eigenvalue weighted by molar-refractivity contribution is 0.451. The summed E-state index contributed by atoms with van der Waals surface area (Å²) in [4.78, 5) is 8.65. The second-order valence-electron chi connectivity index (χ2n) is 5.26. The topological polar surface area (TPSA) is 47.0 Å². The molecule has 0 aliphatic heterocycles. The monoisotopic (exact) mass is 271 g/mol. The first-order valence-electron chi connectivity index (χ1n) is 6.84. The van der Waals surface area contributed by atoms with Gasteiger partial charge >= 0.3 is 0 Å². The molecule has 1 N–H and O–H groups in total. The number of aryl methyl sites for hydroxylation is 2. The van der Waals surface area contributed by atoms with Crippen LogP contribution in [0.4, 0.5) is 0 Å². The van der Waals surface area contributed by atoms with Gasteiger partial charge in [-0.2, -0.15) is 0 Å². The van der Waals surface area contributed by atoms with Gasteiger partial charge in [-0.1, -0.05) is 26.0 Å². The number of hydrogen-bond acceptors (Lipinski definition) is 4. The average molecular weight is 271 g/mol. The van der Waals surface area contributed by atoms with Gasteiger partial charge in [-0.05, 0) is 31.0 Å². The maximum Gasteiger partial charge on any atom is 0.238 e. The lowest BCUT2D eigenvalue weighted by Gasteiger charge is -2.10. The fourth-order valence-corrected chi connectivity index (χ4v) is 1.76. The molecule has 0 radical (unpaired) electrons. The predicted octanol–water partition coefficient (Wildman–Crippen LogP) is 3.38. The molecule has 0 fully saturated rings. The predicted molar refractivity (Wildman–Crippen MR) is 80.0 cm³/mol. The highest BCUT2D eigenvalue weighted by Gasteiger charge is 2.05. The number of rotatable bonds is 5. The summed E-state index contributed by atoms with van der Waals surface area (Å²) in [5, 5.41) is 3.32. The minimum Gasteiger partial charge on any atom is -0.437 e. The average Bonchev–Trinajstić information content (AvgIpc) is 2.41. The molecule has 2 rings (SSSR count). The number of ether oxygens (including phenoxy) is 1. The van der Waals surface area contributed by atoms with E-state index in [1.165, 1.54) is 0 Å². The molecule has 20 heavy (non-hydrogen) atoms. The van der Waals surface area contributed by atoms with Gasteiger partial charge in [-0.15, -0.1) is 0 Å². The van der Waals surface area contributed by atoms with E-state index in [-0.39, 0.29) is 0 Å². The molecule has 2 aromatic rings. The largest absolute Gasteiger partial charge is 0.437 e. The molecular formula is C16H21N3O. The van der Waals surface area contributed by atoms with Crippen molar-refractivity contribution in [2.45, 2.75) is 40.3 Å². The molecule has 0 saturated carbocycles. The number of hydrogen-bond donors (Lipinski definition) is 1. The van der Waals surface area contributed by atoms with Crippen molar-refractivity contribution in [2.24, 2.45) is 0 Å². The summed E-state index contributed by atoms with van der Waals surface area (Å²) in [5.74, 6) is 1.36. The Bertz CT molecular complexity index is 582. The third-order valence-electron chi connectivity index (χ3n) is 2.91. The lowest BCUT2D eigenvalue weighted by atomic mass is 10.1. The second kappa shape index (κ2) is 6.48. The normalized spacial score (nSPS) is 10.8. The molecule has 0 aliphatic carbocycles. The second-order valence-corrected chi connectivity index (χ2v) is 5.26. The van der Waals surface area contributed by atoms with Gasteiger partial charge in [0.05, 0.1) is 11.9 Å². The highest BCUT2D eigenvalue weighted by Crippen LogP contribution is 2.24. The van der Waals surface area contributed by atoms with E-state index in [9.17, 15) is 0 Å². The lowest BCUT2D eigenvalue weighted by Crippen LogP contribution is -2.22. The van der Waals surface area contributed by atoms with E-state index in [0.29, 0.717) is 18.5 Å². The van der Waals surface area contributed by atoms with E-state index in [1.54, 1.807) is 12.4 Å². The van der Waals surface area contributed by atoms with E-state index < -0.39 is 0 Å². The third kappa shape index (κ3) is 4.03. The summed E-state index contributed by atoms with van der Waals surface area (Å²) in [7, 11) is 0. The van der Waals surface area contributed by atoms with Gasteiger partial charge in [0.1, 0.15) is 5.75 Å². The Morgan fingerprint density at radius 3 is 2.75 bits per heavy atom. The first kappa shape index (κ1) is 14.5. The Balaban J connectivity index is 2.13. The van der Waals surface area contributed by atoms with Crippen molar-refractivity contribution in [3.8, 4) is 11.6 Å². The van der Waals surface area contributed by atoms with Gasteiger partial charge in [0.15, 0.2) is 0 Å². The van der Waals surface area contributed by atoms with Crippen LogP contribution in [0.2, 0.25) is 0 Å². The van der Waals surface area contributed by atoms with Crippen LogP contribution in [-0.4, -0.2) is 16.0 Å². The Kier molecular flexibility index (Phi) is 4.69. The summed E-state index contributed by atoms with van der Waals surface area (Å²) in [6, 6.07) is 6.54. The van der Waals surface area contributed by atoms with E-state index in [4.69, 9.17) is 4.74 Å². The summed E-state index contributed by atoms with van der Waals surface area (Å²) in [5.41, 5.74) is 3.13. The molecule has 4 heteroatoms. The van der Waals surface area contributed by atoms with Gasteiger partial charge in [0.25, 0.3) is 0 Å². The highest BCUT2D eigenvalue weighted by atomic mass is 16.5. The van der Waals surface area contributed by atoms with Crippen LogP contribution in [0.1, 0.15) is 30.7 Å². The zero-order valence-electron chi connectivity index (χ0n) is 12.5. The van der Waals surface area contributed by atoms with Crippen LogP contribution in [0.25, 0.3) is 0 Å². The van der Waals surface area contributed by atoms with Crippen LogP contribution in [-0.2, 0) is 6.54 Å². The molecule has 0 amide bonds. The molecule has 0 spiro atoms. The van der Waals surface area contributed by atoms with Crippen LogP contribution >= 0.6 is 0 Å². The quantitative estimate of drug-likeness (QED) is 0.905. The van der Waals surface area contributed by atoms with Crippen molar-refractivity contribution in [3.05, 3.63) is 47.4 Å². The van der Waals surface area contributed by atoms with Crippen LogP contribution in [0.15, 0.2) is 30.6 Å². The molecule has 106 valence electrons. The third-order valence-corrected chi connectivity index (χ3v) is 2.91. The Morgan fingerprint density at radius 1 is 1.20 bits per heavy atom. The molecule has 1 heterocycles. The zero-order valence-corrected chi connectivity index (χ0v) is 12.5. The molecule has 0 saturated heterocycles. The van der Waals surface area contributed by atoms with E-state index in [1.807, 2.05) is 26.0 Å². The van der Waals surface area contributed by atoms with E-state index >= 15 is 0 Å². The number of nitrogens with one attached hydrogen (secondary N) is 1. The minimum absolute atomic E-state index is 0.417. The van der Waals surface area contributed by atoms with Crippen molar-refractivity contribution in [2.75, 3.05) is 0 Å². The van der Waals surface area contributed by atoms with Crippen molar-refractivity contribution in [1.29, 1.82) is 0 Å². The van der Waals surface area contributed by atoms with Crippen LogP contribution < -0.4 is 10.1 Å². The Hall–Kier alpha value is -1.94. The fourth-order valence-electron chi connectivity index (χ4n) is 1.76. The minimum atomic E-state index is 0.417. The molecule has 0 unspecified atom stereocenters. The first-order chi connectivity index (χ1) is 9.54. The van der Waals surface area contributed by atoms with Crippen molar-refractivity contribution in [3.63, 3.8) is 0 Å². The van der Waals surface area contributed by atoms with E-state index in [0.717, 1.165) is 22.6 Å². The van der Waals surface area contributed by atoms with Gasteiger partial charge in [0.2, 0.25) is 5.88 Å². The summed E-state index contributed by atoms with van der Waals surface area (Å²) in [6.45, 7) is 8.95. The molecule has 1 aromatic heterocycles. The SMILES string of the molecule is Cc1ccc(C)c(Oc2cncc(CNC(C)C)n2)c1. The standard InChI is InChI=1S/C16H21N3O/c1-11(2)18-9-14-8-17-10-16(19-14)20-15-7-12(3)5-6-13(15)4/h5-8,10-11,18H,9H2,1-4H3. The van der Waals surface area contributed by atoms with Gasteiger partial charge in [-0.3, -0.25) is 4.98 Å². The number of aromatic nitrogens is 2. The Labute approximate surface area is 120 Å². The fraction of sp³-hybridized carbons (Fsp3) is 0.375. The molecule has 0 aliphatic rings. The van der Waals surface area contributed by atoms with Gasteiger partial charge in [0, 0.05) is 18.8 Å². The number of nitrogens with zero attached hydrogens (tertiary/aromatic N) is 2. The first-order valence-corrected chi connectivity index (χ1v) is 6.84. The van der Waals surface area contributed by atoms with Crippen molar-refractivity contribution >= 4 is 0 Å². The summed E-state index contributed by atoms with van der Waals surface area (Å²) in [6.07, 6.45) is 3.39. The zero-order chi connectivity index (χ0) is 14.5. The van der Waals surface area contributed by atoms with Gasteiger partial charge in [-0.25, -0.2) is 4.98 Å². The van der Waals surface area contributed by atoms with Gasteiger partial charge < -0.3 is 10.1 Å². The van der Waals surface area contributed by atoms with E-state index in [2.05, 4.69) is 35.2 Å². The molecule has 1 aromatic carbocycles. The molecular weight excluding hydrogens is 250 g/mol. The van der Waals surface area contributed by atoms with Crippen LogP contribution in [0, 0.1) is 13.8 Å².